The number of fused-ring (bicyclic) bond motifs is 4. The number of carboxylic acids is 1. The van der Waals surface area contributed by atoms with Gasteiger partial charge in [0.1, 0.15) is 16.9 Å². The molecule has 3 heterocycles. The standard InChI is InChI=1S/C24H25NO6/c1-13-16-10-18-15-4-2-3-5-19(15)30-21(18)12-20(16)31-24(29)17(13)11-22(26)25-8-6-14(7-9-25)23(27)28/h10,12,14H,2-9,11H2,1H3,(H,27,28)/p-1. The fourth-order valence-electron chi connectivity index (χ4n) is 4.98. The molecule has 31 heavy (non-hydrogen) atoms. The van der Waals surface area contributed by atoms with Gasteiger partial charge in [-0.3, -0.25) is 4.79 Å². The highest BCUT2D eigenvalue weighted by Gasteiger charge is 2.26. The number of aliphatic carboxylic acids is 1. The SMILES string of the molecule is Cc1c(CC(=O)N2CCC(C(=O)[O-])CC2)c(=O)oc2cc3oc4c(c3cc12)CCCC4. The molecule has 5 rings (SSSR count). The second kappa shape index (κ2) is 7.55. The molecular weight excluding hydrogens is 398 g/mol. The van der Waals surface area contributed by atoms with Gasteiger partial charge >= 0.3 is 5.63 Å². The zero-order chi connectivity index (χ0) is 21.7. The summed E-state index contributed by atoms with van der Waals surface area (Å²) in [7, 11) is 0. The van der Waals surface area contributed by atoms with Gasteiger partial charge in [-0.05, 0) is 50.7 Å². The lowest BCUT2D eigenvalue weighted by molar-refractivity contribution is -0.312. The monoisotopic (exact) mass is 422 g/mol. The van der Waals surface area contributed by atoms with Crippen LogP contribution >= 0.6 is 0 Å². The van der Waals surface area contributed by atoms with Crippen LogP contribution in [0.1, 0.15) is 48.1 Å². The van der Waals surface area contributed by atoms with Gasteiger partial charge in [0.05, 0.1) is 12.0 Å². The zero-order valence-corrected chi connectivity index (χ0v) is 17.5. The Morgan fingerprint density at radius 1 is 1.06 bits per heavy atom. The van der Waals surface area contributed by atoms with Crippen LogP contribution in [-0.2, 0) is 28.9 Å². The number of hydrogen-bond acceptors (Lipinski definition) is 6. The van der Waals surface area contributed by atoms with Crippen LogP contribution in [0.25, 0.3) is 21.9 Å². The maximum atomic E-state index is 12.8. The summed E-state index contributed by atoms with van der Waals surface area (Å²) in [6, 6.07) is 3.81. The van der Waals surface area contributed by atoms with Gasteiger partial charge in [-0.15, -0.1) is 0 Å². The normalized spacial score (nSPS) is 17.3. The molecule has 1 fully saturated rings. The second-order valence-corrected chi connectivity index (χ2v) is 8.70. The molecule has 0 radical (unpaired) electrons. The molecule has 0 bridgehead atoms. The molecule has 0 saturated carbocycles. The summed E-state index contributed by atoms with van der Waals surface area (Å²) in [5.41, 5.74) is 3.03. The Labute approximate surface area is 178 Å². The molecule has 2 aromatic heterocycles. The molecule has 1 aliphatic heterocycles. The van der Waals surface area contributed by atoms with Gasteiger partial charge in [0, 0.05) is 53.8 Å². The summed E-state index contributed by atoms with van der Waals surface area (Å²) in [5, 5.41) is 12.9. The first-order valence-electron chi connectivity index (χ1n) is 10.9. The third-order valence-corrected chi connectivity index (χ3v) is 6.87. The number of carbonyl (C=O) groups is 2. The maximum absolute atomic E-state index is 12.8. The first-order chi connectivity index (χ1) is 14.9. The Bertz CT molecular complexity index is 1260. The first kappa shape index (κ1) is 19.8. The summed E-state index contributed by atoms with van der Waals surface area (Å²) in [5.74, 6) is -0.745. The average molecular weight is 422 g/mol. The molecular formula is C24H24NO6-. The van der Waals surface area contributed by atoms with Crippen molar-refractivity contribution in [1.29, 1.82) is 0 Å². The fourth-order valence-corrected chi connectivity index (χ4v) is 4.98. The van der Waals surface area contributed by atoms with Crippen LogP contribution in [0, 0.1) is 12.8 Å². The molecule has 1 aliphatic carbocycles. The number of aryl methyl sites for hydroxylation is 3. The summed E-state index contributed by atoms with van der Waals surface area (Å²) in [6.07, 6.45) is 4.87. The third kappa shape index (κ3) is 3.42. The van der Waals surface area contributed by atoms with Gasteiger partial charge in [-0.1, -0.05) is 0 Å². The molecule has 0 N–H and O–H groups in total. The summed E-state index contributed by atoms with van der Waals surface area (Å²) >= 11 is 0. The minimum Gasteiger partial charge on any atom is -0.550 e. The summed E-state index contributed by atoms with van der Waals surface area (Å²) in [4.78, 5) is 38.2. The molecule has 2 aliphatic rings. The number of nitrogens with zero attached hydrogens (tertiary/aromatic N) is 1. The number of carbonyl (C=O) groups excluding carboxylic acids is 2. The van der Waals surface area contributed by atoms with E-state index in [-0.39, 0.29) is 12.3 Å². The van der Waals surface area contributed by atoms with Crippen molar-refractivity contribution >= 4 is 33.8 Å². The summed E-state index contributed by atoms with van der Waals surface area (Å²) in [6.45, 7) is 2.57. The predicted molar refractivity (Wildman–Crippen MR) is 112 cm³/mol. The van der Waals surface area contributed by atoms with Crippen molar-refractivity contribution in [2.75, 3.05) is 13.1 Å². The number of hydrogen-bond donors (Lipinski definition) is 0. The molecule has 1 aromatic carbocycles. The van der Waals surface area contributed by atoms with E-state index in [9.17, 15) is 19.5 Å². The Kier molecular flexibility index (Phi) is 4.84. The zero-order valence-electron chi connectivity index (χ0n) is 17.5. The quantitative estimate of drug-likeness (QED) is 0.600. The number of rotatable bonds is 3. The maximum Gasteiger partial charge on any atom is 0.340 e. The van der Waals surface area contributed by atoms with Crippen LogP contribution in [-0.4, -0.2) is 29.9 Å². The van der Waals surface area contributed by atoms with E-state index in [2.05, 4.69) is 0 Å². The number of furan rings is 1. The van der Waals surface area contributed by atoms with E-state index in [1.165, 1.54) is 5.56 Å². The molecule has 0 atom stereocenters. The van der Waals surface area contributed by atoms with Gasteiger partial charge in [0.25, 0.3) is 0 Å². The molecule has 3 aromatic rings. The van der Waals surface area contributed by atoms with Crippen molar-refractivity contribution in [2.24, 2.45) is 5.92 Å². The van der Waals surface area contributed by atoms with Crippen molar-refractivity contribution in [3.8, 4) is 0 Å². The highest BCUT2D eigenvalue weighted by atomic mass is 16.4. The van der Waals surface area contributed by atoms with Gasteiger partial charge in [0.2, 0.25) is 5.91 Å². The van der Waals surface area contributed by atoms with Crippen molar-refractivity contribution in [2.45, 2.75) is 51.9 Å². The number of carboxylic acid groups (broad SMARTS) is 1. The van der Waals surface area contributed by atoms with Gasteiger partial charge in [-0.2, -0.15) is 0 Å². The number of likely N-dealkylation sites (tertiary alicyclic amines) is 1. The number of amides is 1. The van der Waals surface area contributed by atoms with Gasteiger partial charge in [-0.25, -0.2) is 4.79 Å². The number of benzene rings is 1. The van der Waals surface area contributed by atoms with Gasteiger partial charge in [0.15, 0.2) is 0 Å². The molecule has 1 amide bonds. The highest BCUT2D eigenvalue weighted by molar-refractivity contribution is 5.97. The molecule has 0 spiro atoms. The Morgan fingerprint density at radius 3 is 2.52 bits per heavy atom. The van der Waals surface area contributed by atoms with E-state index in [1.54, 1.807) is 11.0 Å². The van der Waals surface area contributed by atoms with Crippen molar-refractivity contribution in [3.05, 3.63) is 45.0 Å². The van der Waals surface area contributed by atoms with Crippen LogP contribution in [0.5, 0.6) is 0 Å². The second-order valence-electron chi connectivity index (χ2n) is 8.70. The van der Waals surface area contributed by atoms with Gasteiger partial charge < -0.3 is 23.6 Å². The van der Waals surface area contributed by atoms with Crippen LogP contribution in [0.15, 0.2) is 25.8 Å². The van der Waals surface area contributed by atoms with Crippen LogP contribution < -0.4 is 10.7 Å². The van der Waals surface area contributed by atoms with E-state index in [1.807, 2.05) is 13.0 Å². The lowest BCUT2D eigenvalue weighted by atomic mass is 9.94. The Morgan fingerprint density at radius 2 is 1.77 bits per heavy atom. The summed E-state index contributed by atoms with van der Waals surface area (Å²) < 4.78 is 11.6. The smallest absolute Gasteiger partial charge is 0.340 e. The molecule has 162 valence electrons. The predicted octanol–water partition coefficient (Wildman–Crippen LogP) is 2.26. The van der Waals surface area contributed by atoms with E-state index in [4.69, 9.17) is 8.83 Å². The van der Waals surface area contributed by atoms with E-state index in [0.29, 0.717) is 37.1 Å². The Hall–Kier alpha value is -3.09. The lowest BCUT2D eigenvalue weighted by Crippen LogP contribution is -2.44. The Balaban J connectivity index is 1.47. The van der Waals surface area contributed by atoms with Crippen molar-refractivity contribution in [1.82, 2.24) is 4.90 Å². The highest BCUT2D eigenvalue weighted by Crippen LogP contribution is 2.35. The van der Waals surface area contributed by atoms with Crippen molar-refractivity contribution < 1.29 is 23.5 Å². The molecule has 1 saturated heterocycles. The molecule has 7 heteroatoms. The number of piperidine rings is 1. The average Bonchev–Trinajstić information content (AvgIpc) is 3.13. The lowest BCUT2D eigenvalue weighted by Gasteiger charge is -2.32. The minimum absolute atomic E-state index is 0.0539. The first-order valence-corrected chi connectivity index (χ1v) is 10.9. The molecule has 0 unspecified atom stereocenters. The molecule has 7 nitrogen and oxygen atoms in total. The van der Waals surface area contributed by atoms with Crippen LogP contribution in [0.4, 0.5) is 0 Å². The third-order valence-electron chi connectivity index (χ3n) is 6.87. The van der Waals surface area contributed by atoms with E-state index < -0.39 is 17.5 Å². The van der Waals surface area contributed by atoms with Crippen LogP contribution in [0.2, 0.25) is 0 Å². The minimum atomic E-state index is -1.06. The fraction of sp³-hybridized carbons (Fsp3) is 0.458. The largest absolute Gasteiger partial charge is 0.550 e. The van der Waals surface area contributed by atoms with E-state index in [0.717, 1.165) is 53.4 Å². The topological polar surface area (TPSA) is 104 Å². The van der Waals surface area contributed by atoms with Crippen LogP contribution in [0.3, 0.4) is 0 Å². The van der Waals surface area contributed by atoms with E-state index >= 15 is 0 Å². The van der Waals surface area contributed by atoms with Crippen molar-refractivity contribution in [3.63, 3.8) is 0 Å².